The summed E-state index contributed by atoms with van der Waals surface area (Å²) in [5.74, 6) is -0.496. The van der Waals surface area contributed by atoms with Gasteiger partial charge in [0.15, 0.2) is 0 Å². The zero-order chi connectivity index (χ0) is 11.3. The normalized spacial score (nSPS) is 11.9. The number of aliphatic hydroxyl groups excluding tert-OH is 1. The highest BCUT2D eigenvalue weighted by molar-refractivity contribution is 5.89. The molecule has 5 heteroatoms. The number of nitrogens with one attached hydrogen (secondary N) is 2. The van der Waals surface area contributed by atoms with Crippen molar-refractivity contribution in [3.05, 3.63) is 30.1 Å². The zero-order valence-corrected chi connectivity index (χ0v) is 8.33. The summed E-state index contributed by atoms with van der Waals surface area (Å²) >= 11 is 0. The molecular formula is C10H13FN2O2. The Bertz CT molecular complexity index is 344. The van der Waals surface area contributed by atoms with Crippen molar-refractivity contribution in [2.24, 2.45) is 0 Å². The van der Waals surface area contributed by atoms with Crippen LogP contribution in [-0.2, 0) is 0 Å². The van der Waals surface area contributed by atoms with Gasteiger partial charge in [0.05, 0.1) is 18.3 Å². The van der Waals surface area contributed by atoms with Gasteiger partial charge in [0.1, 0.15) is 5.82 Å². The average Bonchev–Trinajstić information content (AvgIpc) is 2.21. The second kappa shape index (κ2) is 5.31. The fraction of sp³-hybridized carbons (Fsp3) is 0.300. The van der Waals surface area contributed by atoms with Crippen LogP contribution in [0.1, 0.15) is 6.92 Å². The van der Waals surface area contributed by atoms with E-state index >= 15 is 0 Å². The highest BCUT2D eigenvalue weighted by Gasteiger charge is 2.07. The molecule has 0 radical (unpaired) electrons. The first-order valence-corrected chi connectivity index (χ1v) is 4.56. The van der Waals surface area contributed by atoms with Crippen LogP contribution in [0.3, 0.4) is 0 Å². The summed E-state index contributed by atoms with van der Waals surface area (Å²) in [7, 11) is 0. The lowest BCUT2D eigenvalue weighted by Gasteiger charge is -2.12. The van der Waals surface area contributed by atoms with Gasteiger partial charge < -0.3 is 15.7 Å². The summed E-state index contributed by atoms with van der Waals surface area (Å²) in [5.41, 5.74) is 0.111. The highest BCUT2D eigenvalue weighted by Crippen LogP contribution is 2.11. The minimum absolute atomic E-state index is 0.111. The maximum Gasteiger partial charge on any atom is 0.319 e. The van der Waals surface area contributed by atoms with Crippen LogP contribution in [0.15, 0.2) is 24.3 Å². The van der Waals surface area contributed by atoms with Gasteiger partial charge in [-0.1, -0.05) is 12.1 Å². The number of aliphatic hydroxyl groups is 1. The number of para-hydroxylation sites is 1. The van der Waals surface area contributed by atoms with E-state index in [-0.39, 0.29) is 18.3 Å². The van der Waals surface area contributed by atoms with Gasteiger partial charge in [-0.2, -0.15) is 0 Å². The molecule has 0 spiro atoms. The summed E-state index contributed by atoms with van der Waals surface area (Å²) in [5, 5.41) is 13.5. The second-order valence-electron chi connectivity index (χ2n) is 3.16. The maximum atomic E-state index is 13.1. The quantitative estimate of drug-likeness (QED) is 0.707. The number of hydrogen-bond acceptors (Lipinski definition) is 2. The van der Waals surface area contributed by atoms with E-state index in [0.717, 1.165) is 0 Å². The van der Waals surface area contributed by atoms with Crippen LogP contribution in [-0.4, -0.2) is 23.8 Å². The van der Waals surface area contributed by atoms with E-state index in [4.69, 9.17) is 5.11 Å². The predicted molar refractivity (Wildman–Crippen MR) is 55.1 cm³/mol. The molecule has 0 saturated heterocycles. The molecular weight excluding hydrogens is 199 g/mol. The number of amides is 2. The molecule has 1 atom stereocenters. The van der Waals surface area contributed by atoms with E-state index in [0.29, 0.717) is 0 Å². The monoisotopic (exact) mass is 212 g/mol. The molecule has 0 bridgehead atoms. The molecule has 1 aromatic carbocycles. The molecule has 15 heavy (non-hydrogen) atoms. The lowest BCUT2D eigenvalue weighted by Crippen LogP contribution is -2.38. The summed E-state index contributed by atoms with van der Waals surface area (Å²) in [4.78, 5) is 11.2. The maximum absolute atomic E-state index is 13.1. The number of halogens is 1. The number of urea groups is 1. The Labute approximate surface area is 87.1 Å². The van der Waals surface area contributed by atoms with Crippen LogP contribution in [0.4, 0.5) is 14.9 Å². The molecule has 0 unspecified atom stereocenters. The Morgan fingerprint density at radius 1 is 1.53 bits per heavy atom. The third-order valence-electron chi connectivity index (χ3n) is 1.77. The fourth-order valence-corrected chi connectivity index (χ4v) is 0.990. The van der Waals surface area contributed by atoms with E-state index in [1.807, 2.05) is 0 Å². The minimum Gasteiger partial charge on any atom is -0.394 e. The van der Waals surface area contributed by atoms with E-state index in [9.17, 15) is 9.18 Å². The fourth-order valence-electron chi connectivity index (χ4n) is 0.990. The van der Waals surface area contributed by atoms with Crippen molar-refractivity contribution in [2.45, 2.75) is 13.0 Å². The summed E-state index contributed by atoms with van der Waals surface area (Å²) in [6.07, 6.45) is 0. The number of carbonyl (C=O) groups excluding carboxylic acids is 1. The predicted octanol–water partition coefficient (Wildman–Crippen LogP) is 1.33. The lowest BCUT2D eigenvalue weighted by molar-refractivity contribution is 0.229. The lowest BCUT2D eigenvalue weighted by atomic mass is 10.3. The van der Waals surface area contributed by atoms with Gasteiger partial charge in [-0.25, -0.2) is 9.18 Å². The number of benzene rings is 1. The molecule has 1 aromatic rings. The summed E-state index contributed by atoms with van der Waals surface area (Å²) in [6.45, 7) is 1.48. The van der Waals surface area contributed by atoms with E-state index in [1.54, 1.807) is 13.0 Å². The van der Waals surface area contributed by atoms with Crippen molar-refractivity contribution in [1.82, 2.24) is 5.32 Å². The van der Waals surface area contributed by atoms with E-state index in [2.05, 4.69) is 10.6 Å². The third kappa shape index (κ3) is 3.55. The zero-order valence-electron chi connectivity index (χ0n) is 8.33. The topological polar surface area (TPSA) is 61.4 Å². The third-order valence-corrected chi connectivity index (χ3v) is 1.77. The molecule has 0 aliphatic rings. The molecule has 2 amide bonds. The van der Waals surface area contributed by atoms with E-state index in [1.165, 1.54) is 18.2 Å². The van der Waals surface area contributed by atoms with Crippen molar-refractivity contribution >= 4 is 11.7 Å². The Morgan fingerprint density at radius 2 is 2.20 bits per heavy atom. The molecule has 0 aliphatic carbocycles. The van der Waals surface area contributed by atoms with Gasteiger partial charge >= 0.3 is 6.03 Å². The number of carbonyl (C=O) groups is 1. The van der Waals surface area contributed by atoms with Gasteiger partial charge in [0.2, 0.25) is 0 Å². The van der Waals surface area contributed by atoms with Gasteiger partial charge in [0, 0.05) is 0 Å². The smallest absolute Gasteiger partial charge is 0.319 e. The second-order valence-corrected chi connectivity index (χ2v) is 3.16. The van der Waals surface area contributed by atoms with Crippen LogP contribution >= 0.6 is 0 Å². The molecule has 1 rings (SSSR count). The molecule has 3 N–H and O–H groups in total. The molecule has 0 saturated carbocycles. The van der Waals surface area contributed by atoms with Gasteiger partial charge in [-0.05, 0) is 19.1 Å². The van der Waals surface area contributed by atoms with Crippen LogP contribution in [0.2, 0.25) is 0 Å². The number of anilines is 1. The van der Waals surface area contributed by atoms with Crippen LogP contribution in [0.5, 0.6) is 0 Å². The standard InChI is InChI=1S/C10H13FN2O2/c1-7(6-14)12-10(15)13-9-5-3-2-4-8(9)11/h2-5,7,14H,6H2,1H3,(H2,12,13,15)/t7-/m0/s1. The van der Waals surface area contributed by atoms with Crippen molar-refractivity contribution < 1.29 is 14.3 Å². The van der Waals surface area contributed by atoms with Crippen molar-refractivity contribution in [2.75, 3.05) is 11.9 Å². The van der Waals surface area contributed by atoms with Crippen molar-refractivity contribution in [1.29, 1.82) is 0 Å². The van der Waals surface area contributed by atoms with Gasteiger partial charge in [0.25, 0.3) is 0 Å². The molecule has 4 nitrogen and oxygen atoms in total. The minimum atomic E-state index is -0.540. The Hall–Kier alpha value is -1.62. The molecule has 0 heterocycles. The molecule has 0 aliphatic heterocycles. The number of hydrogen-bond donors (Lipinski definition) is 3. The number of rotatable bonds is 3. The van der Waals surface area contributed by atoms with Gasteiger partial charge in [-0.15, -0.1) is 0 Å². The Balaban J connectivity index is 2.55. The first-order chi connectivity index (χ1) is 7.13. The summed E-state index contributed by atoms with van der Waals surface area (Å²) in [6, 6.07) is 4.96. The Kier molecular flexibility index (Phi) is 4.05. The first kappa shape index (κ1) is 11.5. The summed E-state index contributed by atoms with van der Waals surface area (Å²) < 4.78 is 13.1. The van der Waals surface area contributed by atoms with Crippen molar-refractivity contribution in [3.8, 4) is 0 Å². The van der Waals surface area contributed by atoms with E-state index < -0.39 is 11.8 Å². The van der Waals surface area contributed by atoms with Crippen LogP contribution in [0, 0.1) is 5.82 Å². The molecule has 82 valence electrons. The SMILES string of the molecule is C[C@@H](CO)NC(=O)Nc1ccccc1F. The largest absolute Gasteiger partial charge is 0.394 e. The average molecular weight is 212 g/mol. The molecule has 0 fully saturated rings. The van der Waals surface area contributed by atoms with Gasteiger partial charge in [-0.3, -0.25) is 0 Å². The Morgan fingerprint density at radius 3 is 2.80 bits per heavy atom. The van der Waals surface area contributed by atoms with Crippen molar-refractivity contribution in [3.63, 3.8) is 0 Å². The van der Waals surface area contributed by atoms with Crippen LogP contribution in [0.25, 0.3) is 0 Å². The first-order valence-electron chi connectivity index (χ1n) is 4.56. The molecule has 0 aromatic heterocycles. The highest BCUT2D eigenvalue weighted by atomic mass is 19.1. The van der Waals surface area contributed by atoms with Crippen LogP contribution < -0.4 is 10.6 Å².